The predicted octanol–water partition coefficient (Wildman–Crippen LogP) is -6.42. The van der Waals surface area contributed by atoms with Gasteiger partial charge in [-0.1, -0.05) is 34.7 Å². The molecule has 1 aliphatic rings. The molecule has 0 aromatic heterocycles. The number of rotatable bonds is 11. The van der Waals surface area contributed by atoms with Crippen molar-refractivity contribution in [3.63, 3.8) is 0 Å². The van der Waals surface area contributed by atoms with Gasteiger partial charge < -0.3 is 80.1 Å². The van der Waals surface area contributed by atoms with Crippen LogP contribution in [-0.2, 0) is 28.6 Å². The van der Waals surface area contributed by atoms with Crippen molar-refractivity contribution in [2.45, 2.75) is 61.7 Å². The van der Waals surface area contributed by atoms with E-state index in [-0.39, 0.29) is 47.0 Å². The fourth-order valence-electron chi connectivity index (χ4n) is 3.40. The third-order valence-corrected chi connectivity index (χ3v) is 5.84. The Bertz CT molecular complexity index is 737. The van der Waals surface area contributed by atoms with Crippen LogP contribution in [0.4, 0.5) is 0 Å². The van der Waals surface area contributed by atoms with Crippen LogP contribution in [0.25, 0.3) is 0 Å². The van der Waals surface area contributed by atoms with Gasteiger partial charge in [0, 0.05) is 13.1 Å². The molecule has 1 heterocycles. The zero-order valence-electron chi connectivity index (χ0n) is 18.6. The Balaban J connectivity index is 0.00000578. The van der Waals surface area contributed by atoms with Gasteiger partial charge in [0.25, 0.3) is 0 Å². The van der Waals surface area contributed by atoms with Gasteiger partial charge in [-0.15, -0.1) is 0 Å². The molecule has 0 unspecified atom stereocenters. The third-order valence-electron chi connectivity index (χ3n) is 5.32. The second-order valence-electron chi connectivity index (χ2n) is 7.74. The number of hydrogen-bond donors (Lipinski definition) is 8. The Kier molecular flexibility index (Phi) is 14.3. The molecular formula is C20H30NNaO10S2. The SMILES string of the molecule is OC[C@@H](O)[C@@H](O[C@@H]1O[C@H](CO)[C@H](O)[C@H](O)[C@H]1O)[C@H](O)[C@@H](O)CN(Cc1ccccc1)C(=S)[S-].[Na+]. The van der Waals surface area contributed by atoms with E-state index in [1.54, 1.807) is 0 Å². The van der Waals surface area contributed by atoms with Crippen molar-refractivity contribution in [3.05, 3.63) is 35.9 Å². The van der Waals surface area contributed by atoms with Crippen molar-refractivity contribution in [2.24, 2.45) is 0 Å². The topological polar surface area (TPSA) is 184 Å². The van der Waals surface area contributed by atoms with E-state index in [0.29, 0.717) is 0 Å². The molecule has 0 aliphatic carbocycles. The van der Waals surface area contributed by atoms with Gasteiger partial charge in [0.15, 0.2) is 6.29 Å². The molecule has 0 saturated carbocycles. The van der Waals surface area contributed by atoms with E-state index in [9.17, 15) is 40.9 Å². The normalized spacial score (nSPS) is 28.3. The molecule has 1 fully saturated rings. The van der Waals surface area contributed by atoms with Gasteiger partial charge in [-0.3, -0.25) is 0 Å². The number of ether oxygens (including phenoxy) is 2. The van der Waals surface area contributed by atoms with Crippen molar-refractivity contribution in [1.29, 1.82) is 0 Å². The molecule has 0 spiro atoms. The van der Waals surface area contributed by atoms with E-state index in [1.807, 2.05) is 30.3 Å². The first kappa shape index (κ1) is 32.0. The van der Waals surface area contributed by atoms with Gasteiger partial charge in [-0.2, -0.15) is 0 Å². The van der Waals surface area contributed by atoms with Gasteiger partial charge >= 0.3 is 29.6 Å². The van der Waals surface area contributed by atoms with Gasteiger partial charge in [-0.25, -0.2) is 0 Å². The van der Waals surface area contributed by atoms with Crippen molar-refractivity contribution in [1.82, 2.24) is 4.90 Å². The molecule has 34 heavy (non-hydrogen) atoms. The predicted molar refractivity (Wildman–Crippen MR) is 121 cm³/mol. The molecule has 1 aromatic carbocycles. The van der Waals surface area contributed by atoms with Crippen LogP contribution < -0.4 is 29.6 Å². The zero-order valence-corrected chi connectivity index (χ0v) is 22.2. The fourth-order valence-corrected chi connectivity index (χ4v) is 3.68. The molecule has 188 valence electrons. The number of aliphatic hydroxyl groups excluding tert-OH is 8. The fraction of sp³-hybridized carbons (Fsp3) is 0.650. The van der Waals surface area contributed by atoms with E-state index in [4.69, 9.17) is 34.3 Å². The molecule has 0 amide bonds. The van der Waals surface area contributed by atoms with Crippen molar-refractivity contribution < 1.29 is 79.9 Å². The molecule has 2 rings (SSSR count). The molecule has 1 aliphatic heterocycles. The van der Waals surface area contributed by atoms with Gasteiger partial charge in [-0.05, 0) is 5.56 Å². The Labute approximate surface area is 230 Å². The molecule has 11 nitrogen and oxygen atoms in total. The number of aliphatic hydroxyl groups is 8. The van der Waals surface area contributed by atoms with Gasteiger partial charge in [0.05, 0.1) is 19.3 Å². The molecule has 1 saturated heterocycles. The summed E-state index contributed by atoms with van der Waals surface area (Å²) in [5.74, 6) is 0. The number of benzene rings is 1. The van der Waals surface area contributed by atoms with E-state index in [1.165, 1.54) is 4.90 Å². The maximum atomic E-state index is 10.7. The van der Waals surface area contributed by atoms with Crippen LogP contribution in [0.15, 0.2) is 30.3 Å². The summed E-state index contributed by atoms with van der Waals surface area (Å²) >= 11 is 10.1. The van der Waals surface area contributed by atoms with Crippen LogP contribution in [0.5, 0.6) is 0 Å². The number of thiocarbonyl (C=S) groups is 1. The molecule has 0 radical (unpaired) electrons. The van der Waals surface area contributed by atoms with Crippen LogP contribution >= 0.6 is 12.2 Å². The smallest absolute Gasteiger partial charge is 0.411 e. The van der Waals surface area contributed by atoms with Crippen molar-refractivity contribution >= 4 is 29.2 Å². The second kappa shape index (κ2) is 15.2. The first-order valence-corrected chi connectivity index (χ1v) is 11.0. The zero-order chi connectivity index (χ0) is 24.7. The number of nitrogens with zero attached hydrogens (tertiary/aromatic N) is 1. The largest absolute Gasteiger partial charge is 1.00 e. The summed E-state index contributed by atoms with van der Waals surface area (Å²) in [7, 11) is 0. The second-order valence-corrected chi connectivity index (χ2v) is 8.77. The first-order chi connectivity index (χ1) is 15.6. The molecule has 0 bridgehead atoms. The summed E-state index contributed by atoms with van der Waals surface area (Å²) in [4.78, 5) is 1.45. The van der Waals surface area contributed by atoms with Crippen molar-refractivity contribution in [2.75, 3.05) is 19.8 Å². The third kappa shape index (κ3) is 8.50. The van der Waals surface area contributed by atoms with Crippen LogP contribution in [0.1, 0.15) is 5.56 Å². The van der Waals surface area contributed by atoms with E-state index in [0.717, 1.165) is 5.56 Å². The molecule has 9 atom stereocenters. The maximum Gasteiger partial charge on any atom is 1.00 e. The van der Waals surface area contributed by atoms with Crippen LogP contribution in [0, 0.1) is 0 Å². The average molecular weight is 532 g/mol. The Morgan fingerprint density at radius 1 is 1.03 bits per heavy atom. The monoisotopic (exact) mass is 531 g/mol. The van der Waals surface area contributed by atoms with E-state index >= 15 is 0 Å². The molecular weight excluding hydrogens is 501 g/mol. The minimum Gasteiger partial charge on any atom is -0.411 e. The first-order valence-electron chi connectivity index (χ1n) is 10.2. The summed E-state index contributed by atoms with van der Waals surface area (Å²) in [5.41, 5.74) is 0.843. The van der Waals surface area contributed by atoms with E-state index in [2.05, 4.69) is 0 Å². The summed E-state index contributed by atoms with van der Waals surface area (Å²) in [5, 5.41) is 80.1. The molecule has 8 N–H and O–H groups in total. The summed E-state index contributed by atoms with van der Waals surface area (Å²) < 4.78 is 10.6. The minimum atomic E-state index is -1.82. The van der Waals surface area contributed by atoms with E-state index < -0.39 is 68.3 Å². The summed E-state index contributed by atoms with van der Waals surface area (Å²) in [6, 6.07) is 9.10. The Hall–Kier alpha value is -0.0700. The summed E-state index contributed by atoms with van der Waals surface area (Å²) in [6.45, 7) is -1.59. The summed E-state index contributed by atoms with van der Waals surface area (Å²) in [6.07, 6.45) is -15.0. The van der Waals surface area contributed by atoms with Crippen molar-refractivity contribution in [3.8, 4) is 0 Å². The molecule has 1 aromatic rings. The standard InChI is InChI=1S/C20H31NO10S2.Na/c22-8-12(25)18(31-19-17(29)16(28)15(27)13(9-23)30-19)14(26)11(24)7-21(20(32)33)6-10-4-2-1-3-5-10;/h1-5,11-19,22-29H,6-9H2,(H,32,33);/q;+1/p-1/t11-,12+,13+,14+,15-,16-,17+,18+,19-;/m0./s1. The van der Waals surface area contributed by atoms with Gasteiger partial charge in [0.2, 0.25) is 0 Å². The van der Waals surface area contributed by atoms with Crippen LogP contribution in [0.3, 0.4) is 0 Å². The number of hydrogen-bond acceptors (Lipinski definition) is 12. The van der Waals surface area contributed by atoms with Crippen LogP contribution in [0.2, 0.25) is 0 Å². The quantitative estimate of drug-likeness (QED) is 0.0767. The molecule has 14 heteroatoms. The average Bonchev–Trinajstić information content (AvgIpc) is 2.81. The Morgan fingerprint density at radius 3 is 2.18 bits per heavy atom. The Morgan fingerprint density at radius 2 is 1.65 bits per heavy atom. The van der Waals surface area contributed by atoms with Gasteiger partial charge in [0.1, 0.15) is 42.7 Å². The maximum absolute atomic E-state index is 10.7. The van der Waals surface area contributed by atoms with Crippen LogP contribution in [-0.4, -0.2) is 125 Å². The minimum absolute atomic E-state index is 0.